The van der Waals surface area contributed by atoms with Crippen LogP contribution in [0.5, 0.6) is 0 Å². The molecule has 0 spiro atoms. The Hall–Kier alpha value is -3.13. The number of sulfonamides is 1. The van der Waals surface area contributed by atoms with Crippen molar-refractivity contribution in [2.45, 2.75) is 11.4 Å². The van der Waals surface area contributed by atoms with Gasteiger partial charge in [-0.3, -0.25) is 9.59 Å². The Kier molecular flexibility index (Phi) is 6.06. The van der Waals surface area contributed by atoms with Gasteiger partial charge in [0.1, 0.15) is 0 Å². The van der Waals surface area contributed by atoms with Gasteiger partial charge in [0.15, 0.2) is 11.6 Å². The maximum atomic E-state index is 13.8. The first-order chi connectivity index (χ1) is 15.3. The van der Waals surface area contributed by atoms with Gasteiger partial charge in [-0.2, -0.15) is 4.31 Å². The number of nitrogens with zero attached hydrogens (tertiary/aromatic N) is 2. The van der Waals surface area contributed by atoms with Crippen LogP contribution in [-0.4, -0.2) is 56.4 Å². The Labute approximate surface area is 188 Å². The minimum absolute atomic E-state index is 0.0425. The van der Waals surface area contributed by atoms with Crippen molar-refractivity contribution in [2.24, 2.45) is 0 Å². The predicted octanol–water partition coefficient (Wildman–Crippen LogP) is 3.21. The molecule has 164 valence electrons. The van der Waals surface area contributed by atoms with Crippen LogP contribution in [0.4, 0.5) is 0 Å². The van der Waals surface area contributed by atoms with Gasteiger partial charge in [-0.05, 0) is 25.7 Å². The predicted molar refractivity (Wildman–Crippen MR) is 122 cm³/mol. The van der Waals surface area contributed by atoms with Gasteiger partial charge in [0.25, 0.3) is 0 Å². The molecule has 0 heterocycles. The lowest BCUT2D eigenvalue weighted by atomic mass is 9.84. The zero-order valence-electron chi connectivity index (χ0n) is 18.0. The molecular formula is C25H24N2O4S. The standard InChI is InChI=1S/C25H24N2O4S/c1-26(2)15-16-27(17-18-9-4-3-5-10-18)32(30,31)22-14-8-13-21-23(22)25(29)20-12-7-6-11-19(20)24(21)28/h3-14H,15-17H2,1-2H3. The Balaban J connectivity index is 1.82. The van der Waals surface area contributed by atoms with E-state index in [0.29, 0.717) is 12.1 Å². The van der Waals surface area contributed by atoms with Gasteiger partial charge in [0.2, 0.25) is 10.0 Å². The quantitative estimate of drug-likeness (QED) is 0.434. The second-order valence-electron chi connectivity index (χ2n) is 8.01. The Morgan fingerprint density at radius 1 is 0.688 bits per heavy atom. The lowest BCUT2D eigenvalue weighted by Gasteiger charge is -2.26. The van der Waals surface area contributed by atoms with Gasteiger partial charge in [0.05, 0.1) is 10.5 Å². The smallest absolute Gasteiger partial charge is 0.244 e. The zero-order valence-corrected chi connectivity index (χ0v) is 18.8. The number of carbonyl (C=O) groups is 2. The summed E-state index contributed by atoms with van der Waals surface area (Å²) in [6.07, 6.45) is 0. The van der Waals surface area contributed by atoms with Gasteiger partial charge in [-0.15, -0.1) is 0 Å². The largest absolute Gasteiger partial charge is 0.308 e. The summed E-state index contributed by atoms with van der Waals surface area (Å²) < 4.78 is 29.0. The second kappa shape index (κ2) is 8.78. The number of benzene rings is 3. The van der Waals surface area contributed by atoms with E-state index in [1.165, 1.54) is 22.5 Å². The van der Waals surface area contributed by atoms with Crippen molar-refractivity contribution in [2.75, 3.05) is 27.2 Å². The van der Waals surface area contributed by atoms with Crippen LogP contribution in [0.25, 0.3) is 0 Å². The van der Waals surface area contributed by atoms with Gasteiger partial charge in [0, 0.05) is 36.3 Å². The zero-order chi connectivity index (χ0) is 22.9. The minimum Gasteiger partial charge on any atom is -0.308 e. The van der Waals surface area contributed by atoms with Crippen LogP contribution in [0.1, 0.15) is 37.4 Å². The van der Waals surface area contributed by atoms with E-state index in [9.17, 15) is 18.0 Å². The third-order valence-electron chi connectivity index (χ3n) is 5.53. The van der Waals surface area contributed by atoms with Crippen molar-refractivity contribution < 1.29 is 18.0 Å². The summed E-state index contributed by atoms with van der Waals surface area (Å²) in [6, 6.07) is 20.3. The molecule has 0 fully saturated rings. The highest BCUT2D eigenvalue weighted by Gasteiger charge is 2.36. The SMILES string of the molecule is CN(C)CCN(Cc1ccccc1)S(=O)(=O)c1cccc2c1C(=O)c1ccccc1C2=O. The molecule has 3 aromatic carbocycles. The van der Waals surface area contributed by atoms with E-state index in [-0.39, 0.29) is 40.5 Å². The first-order valence-corrected chi connectivity index (χ1v) is 11.7. The van der Waals surface area contributed by atoms with Gasteiger partial charge >= 0.3 is 0 Å². The number of hydrogen-bond acceptors (Lipinski definition) is 5. The van der Waals surface area contributed by atoms with Gasteiger partial charge < -0.3 is 4.90 Å². The third-order valence-corrected chi connectivity index (χ3v) is 7.42. The first kappa shape index (κ1) is 22.1. The van der Waals surface area contributed by atoms with Crippen molar-refractivity contribution in [3.8, 4) is 0 Å². The number of ketones is 2. The molecule has 0 atom stereocenters. The lowest BCUT2D eigenvalue weighted by molar-refractivity contribution is 0.0976. The Morgan fingerprint density at radius 2 is 1.28 bits per heavy atom. The molecule has 0 saturated carbocycles. The number of hydrogen-bond donors (Lipinski definition) is 0. The minimum atomic E-state index is -4.06. The molecule has 32 heavy (non-hydrogen) atoms. The summed E-state index contributed by atoms with van der Waals surface area (Å²) in [5.74, 6) is -0.781. The van der Waals surface area contributed by atoms with Crippen molar-refractivity contribution in [1.82, 2.24) is 9.21 Å². The van der Waals surface area contributed by atoms with Gasteiger partial charge in [-0.25, -0.2) is 8.42 Å². The van der Waals surface area contributed by atoms with Crippen molar-refractivity contribution >= 4 is 21.6 Å². The van der Waals surface area contributed by atoms with Crippen LogP contribution in [-0.2, 0) is 16.6 Å². The van der Waals surface area contributed by atoms with Crippen molar-refractivity contribution in [3.63, 3.8) is 0 Å². The summed E-state index contributed by atoms with van der Waals surface area (Å²) in [5.41, 5.74) is 1.46. The molecule has 0 aliphatic heterocycles. The van der Waals surface area contributed by atoms with Crippen LogP contribution in [0, 0.1) is 0 Å². The molecule has 0 radical (unpaired) electrons. The summed E-state index contributed by atoms with van der Waals surface area (Å²) in [5, 5.41) is 0. The lowest BCUT2D eigenvalue weighted by Crippen LogP contribution is -2.37. The highest BCUT2D eigenvalue weighted by atomic mass is 32.2. The summed E-state index contributed by atoms with van der Waals surface area (Å²) >= 11 is 0. The number of rotatable bonds is 7. The summed E-state index contributed by atoms with van der Waals surface area (Å²) in [4.78, 5) is 28.1. The van der Waals surface area contributed by atoms with Gasteiger partial charge in [-0.1, -0.05) is 66.7 Å². The van der Waals surface area contributed by atoms with E-state index in [2.05, 4.69) is 0 Å². The maximum absolute atomic E-state index is 13.8. The first-order valence-electron chi connectivity index (χ1n) is 10.3. The molecule has 1 aliphatic rings. The van der Waals surface area contributed by atoms with Crippen LogP contribution >= 0.6 is 0 Å². The highest BCUT2D eigenvalue weighted by molar-refractivity contribution is 7.89. The molecule has 0 saturated heterocycles. The molecule has 4 rings (SSSR count). The molecule has 0 N–H and O–H groups in total. The Morgan fingerprint density at radius 3 is 1.94 bits per heavy atom. The fraction of sp³-hybridized carbons (Fsp3) is 0.200. The average molecular weight is 449 g/mol. The van der Waals surface area contributed by atoms with Crippen molar-refractivity contribution in [1.29, 1.82) is 0 Å². The number of carbonyl (C=O) groups excluding carboxylic acids is 2. The summed E-state index contributed by atoms with van der Waals surface area (Å²) in [7, 11) is -0.318. The monoisotopic (exact) mass is 448 g/mol. The molecule has 0 amide bonds. The van der Waals surface area contributed by atoms with Crippen LogP contribution in [0.2, 0.25) is 0 Å². The molecule has 3 aromatic rings. The normalized spacial score (nSPS) is 13.4. The Bertz CT molecular complexity index is 1280. The van der Waals surface area contributed by atoms with E-state index in [0.717, 1.165) is 5.56 Å². The molecular weight excluding hydrogens is 424 g/mol. The van der Waals surface area contributed by atoms with E-state index >= 15 is 0 Å². The number of likely N-dealkylation sites (N-methyl/N-ethyl adjacent to an activating group) is 1. The highest BCUT2D eigenvalue weighted by Crippen LogP contribution is 2.33. The summed E-state index contributed by atoms with van der Waals surface area (Å²) in [6.45, 7) is 0.919. The third kappa shape index (κ3) is 4.02. The molecule has 0 unspecified atom stereocenters. The van der Waals surface area contributed by atoms with Crippen molar-refractivity contribution in [3.05, 3.63) is 101 Å². The van der Waals surface area contributed by atoms with Crippen LogP contribution < -0.4 is 0 Å². The maximum Gasteiger partial charge on any atom is 0.244 e. The average Bonchev–Trinajstić information content (AvgIpc) is 2.80. The number of fused-ring (bicyclic) bond motifs is 2. The van der Waals surface area contributed by atoms with E-state index in [1.807, 2.05) is 49.3 Å². The second-order valence-corrected chi connectivity index (χ2v) is 9.92. The van der Waals surface area contributed by atoms with E-state index in [4.69, 9.17) is 0 Å². The molecule has 0 aromatic heterocycles. The van der Waals surface area contributed by atoms with E-state index < -0.39 is 15.8 Å². The molecule has 1 aliphatic carbocycles. The fourth-order valence-electron chi connectivity index (χ4n) is 3.85. The van der Waals surface area contributed by atoms with Crippen LogP contribution in [0.15, 0.2) is 77.7 Å². The fourth-order valence-corrected chi connectivity index (χ4v) is 5.48. The molecule has 0 bridgehead atoms. The molecule has 6 nitrogen and oxygen atoms in total. The van der Waals surface area contributed by atoms with Crippen LogP contribution in [0.3, 0.4) is 0 Å². The molecule has 7 heteroatoms. The topological polar surface area (TPSA) is 74.8 Å². The van der Waals surface area contributed by atoms with E-state index in [1.54, 1.807) is 24.3 Å².